The molecule has 1 aromatic heterocycles. The minimum Gasteiger partial charge on any atom is -0.444 e. The molecule has 0 N–H and O–H groups in total. The maximum Gasteiger partial charge on any atom is 0.414 e. The second-order valence-corrected chi connectivity index (χ2v) is 8.08. The number of nitriles is 1. The van der Waals surface area contributed by atoms with Gasteiger partial charge in [0, 0.05) is 38.1 Å². The van der Waals surface area contributed by atoms with Crippen LogP contribution in [-0.2, 0) is 4.74 Å². The lowest BCUT2D eigenvalue weighted by Gasteiger charge is -2.36. The summed E-state index contributed by atoms with van der Waals surface area (Å²) >= 11 is 0. The van der Waals surface area contributed by atoms with Crippen molar-refractivity contribution < 1.29 is 14.3 Å². The Kier molecular flexibility index (Phi) is 5.51. The van der Waals surface area contributed by atoms with Gasteiger partial charge in [0.2, 0.25) is 0 Å². The number of hydrogen-bond acceptors (Lipinski definition) is 6. The van der Waals surface area contributed by atoms with Crippen LogP contribution in [0.15, 0.2) is 30.5 Å². The van der Waals surface area contributed by atoms with Crippen LogP contribution in [0.25, 0.3) is 0 Å². The second kappa shape index (κ2) is 8.26. The molecule has 8 heteroatoms. The summed E-state index contributed by atoms with van der Waals surface area (Å²) in [5.74, 6) is 0.778. The summed E-state index contributed by atoms with van der Waals surface area (Å²) in [6.07, 6.45) is 1.21. The first kappa shape index (κ1) is 20.7. The van der Waals surface area contributed by atoms with Crippen molar-refractivity contribution in [1.82, 2.24) is 9.88 Å². The molecule has 0 aliphatic carbocycles. The number of aryl methyl sites for hydroxylation is 2. The summed E-state index contributed by atoms with van der Waals surface area (Å²) in [5.41, 5.74) is 3.42. The molecule has 0 saturated carbocycles. The normalized spacial score (nSPS) is 18.7. The molecular weight excluding hydrogens is 394 g/mol. The predicted octanol–water partition coefficient (Wildman–Crippen LogP) is 2.88. The lowest BCUT2D eigenvalue weighted by Crippen LogP contribution is -2.49. The lowest BCUT2D eigenvalue weighted by atomic mass is 10.0. The number of anilines is 2. The highest BCUT2D eigenvalue weighted by Gasteiger charge is 2.31. The fourth-order valence-corrected chi connectivity index (χ4v) is 4.13. The van der Waals surface area contributed by atoms with Crippen molar-refractivity contribution in [1.29, 1.82) is 5.26 Å². The van der Waals surface area contributed by atoms with E-state index in [4.69, 9.17) is 4.74 Å². The number of carbonyl (C=O) groups excluding carboxylic acids is 2. The second-order valence-electron chi connectivity index (χ2n) is 8.08. The fourth-order valence-electron chi connectivity index (χ4n) is 4.13. The number of amides is 2. The van der Waals surface area contributed by atoms with E-state index in [1.807, 2.05) is 27.0 Å². The summed E-state index contributed by atoms with van der Waals surface area (Å²) in [6.45, 7) is 8.77. The summed E-state index contributed by atoms with van der Waals surface area (Å²) < 4.78 is 5.16. The van der Waals surface area contributed by atoms with Crippen LogP contribution in [0.2, 0.25) is 0 Å². The van der Waals surface area contributed by atoms with Crippen LogP contribution in [0.3, 0.4) is 0 Å². The van der Waals surface area contributed by atoms with Gasteiger partial charge in [0.1, 0.15) is 18.0 Å². The minimum absolute atomic E-state index is 0.172. The molecule has 1 aromatic carbocycles. The molecule has 0 spiro atoms. The van der Waals surface area contributed by atoms with Gasteiger partial charge in [-0.2, -0.15) is 5.26 Å². The van der Waals surface area contributed by atoms with Gasteiger partial charge in [-0.3, -0.25) is 9.69 Å². The van der Waals surface area contributed by atoms with Crippen molar-refractivity contribution >= 4 is 23.5 Å². The van der Waals surface area contributed by atoms with Gasteiger partial charge < -0.3 is 14.5 Å². The number of nitrogens with zero attached hydrogens (tertiary/aromatic N) is 5. The van der Waals surface area contributed by atoms with E-state index in [-0.39, 0.29) is 17.6 Å². The van der Waals surface area contributed by atoms with Crippen LogP contribution in [-0.4, -0.2) is 60.7 Å². The monoisotopic (exact) mass is 419 g/mol. The predicted molar refractivity (Wildman–Crippen MR) is 116 cm³/mol. The molecule has 8 nitrogen and oxygen atoms in total. The van der Waals surface area contributed by atoms with E-state index in [0.29, 0.717) is 44.0 Å². The molecule has 160 valence electrons. The molecule has 2 aliphatic rings. The van der Waals surface area contributed by atoms with Crippen molar-refractivity contribution in [2.24, 2.45) is 0 Å². The van der Waals surface area contributed by atoms with Crippen LogP contribution in [0.1, 0.15) is 34.0 Å². The van der Waals surface area contributed by atoms with Crippen molar-refractivity contribution in [2.45, 2.75) is 26.9 Å². The standard InChI is InChI=1S/C23H25N5O3/c1-15-10-16(2)21(25-13-15)26-6-8-27(9-7-26)22(29)20-5-4-19(11-18(20)12-24)28-14-17(3)31-23(28)30/h4-5,10-11,13,17H,6-9,14H2,1-3H3/t17-/m0/s1. The number of piperazine rings is 1. The number of benzene rings is 1. The maximum absolute atomic E-state index is 13.1. The number of cyclic esters (lactones) is 1. The third kappa shape index (κ3) is 4.04. The molecule has 4 rings (SSSR count). The third-order valence-corrected chi connectivity index (χ3v) is 5.68. The van der Waals surface area contributed by atoms with Gasteiger partial charge in [-0.15, -0.1) is 0 Å². The summed E-state index contributed by atoms with van der Waals surface area (Å²) in [5, 5.41) is 9.62. The van der Waals surface area contributed by atoms with Crippen LogP contribution in [0.4, 0.5) is 16.3 Å². The number of ether oxygens (including phenoxy) is 1. The van der Waals surface area contributed by atoms with Gasteiger partial charge >= 0.3 is 6.09 Å². The molecular formula is C23H25N5O3. The Morgan fingerprint density at radius 1 is 1.19 bits per heavy atom. The first-order chi connectivity index (χ1) is 14.9. The number of rotatable bonds is 3. The topological polar surface area (TPSA) is 89.8 Å². The average Bonchev–Trinajstić information content (AvgIpc) is 3.11. The van der Waals surface area contributed by atoms with Crippen molar-refractivity contribution in [3.05, 3.63) is 52.7 Å². The molecule has 2 aromatic rings. The Hall–Kier alpha value is -3.60. The Morgan fingerprint density at radius 2 is 1.94 bits per heavy atom. The minimum atomic E-state index is -0.438. The lowest BCUT2D eigenvalue weighted by molar-refractivity contribution is 0.0746. The molecule has 2 fully saturated rings. The van der Waals surface area contributed by atoms with E-state index >= 15 is 0 Å². The highest BCUT2D eigenvalue weighted by molar-refractivity contribution is 5.98. The summed E-state index contributed by atoms with van der Waals surface area (Å²) in [7, 11) is 0. The van der Waals surface area contributed by atoms with Crippen LogP contribution in [0.5, 0.6) is 0 Å². The molecule has 31 heavy (non-hydrogen) atoms. The molecule has 0 bridgehead atoms. The highest BCUT2D eigenvalue weighted by Crippen LogP contribution is 2.26. The van der Waals surface area contributed by atoms with Crippen LogP contribution in [0, 0.1) is 25.2 Å². The summed E-state index contributed by atoms with van der Waals surface area (Å²) in [6, 6.07) is 9.13. The maximum atomic E-state index is 13.1. The number of aromatic nitrogens is 1. The Labute approximate surface area is 181 Å². The van der Waals surface area contributed by atoms with Crippen LogP contribution < -0.4 is 9.80 Å². The first-order valence-corrected chi connectivity index (χ1v) is 10.4. The van der Waals surface area contributed by atoms with Gasteiger partial charge in [-0.25, -0.2) is 9.78 Å². The third-order valence-electron chi connectivity index (χ3n) is 5.68. The zero-order valence-electron chi connectivity index (χ0n) is 18.0. The Morgan fingerprint density at radius 3 is 2.55 bits per heavy atom. The van der Waals surface area contributed by atoms with Gasteiger partial charge in [0.15, 0.2) is 0 Å². The zero-order chi connectivity index (χ0) is 22.1. The highest BCUT2D eigenvalue weighted by atomic mass is 16.6. The van der Waals surface area contributed by atoms with Crippen LogP contribution >= 0.6 is 0 Å². The summed E-state index contributed by atoms with van der Waals surface area (Å²) in [4.78, 5) is 35.1. The van der Waals surface area contributed by atoms with Crippen molar-refractivity contribution in [2.75, 3.05) is 42.5 Å². The first-order valence-electron chi connectivity index (χ1n) is 10.4. The van der Waals surface area contributed by atoms with Crippen molar-refractivity contribution in [3.8, 4) is 6.07 Å². The molecule has 2 saturated heterocycles. The molecule has 2 aliphatic heterocycles. The molecule has 0 unspecified atom stereocenters. The molecule has 3 heterocycles. The molecule has 2 amide bonds. The van der Waals surface area contributed by atoms with Crippen molar-refractivity contribution in [3.63, 3.8) is 0 Å². The number of hydrogen-bond donors (Lipinski definition) is 0. The van der Waals surface area contributed by atoms with E-state index < -0.39 is 6.09 Å². The Bertz CT molecular complexity index is 1070. The van der Waals surface area contributed by atoms with Gasteiger partial charge in [-0.1, -0.05) is 6.07 Å². The average molecular weight is 419 g/mol. The quantitative estimate of drug-likeness (QED) is 0.760. The van der Waals surface area contributed by atoms with E-state index in [1.54, 1.807) is 23.1 Å². The van der Waals surface area contributed by atoms with Gasteiger partial charge in [-0.05, 0) is 50.1 Å². The Balaban J connectivity index is 1.47. The molecule has 1 atom stereocenters. The SMILES string of the molecule is Cc1cnc(N2CCN(C(=O)c3ccc(N4C[C@H](C)OC4=O)cc3C#N)CC2)c(C)c1. The van der Waals surface area contributed by atoms with E-state index in [1.165, 1.54) is 4.90 Å². The van der Waals surface area contributed by atoms with E-state index in [0.717, 1.165) is 16.9 Å². The largest absolute Gasteiger partial charge is 0.444 e. The fraction of sp³-hybridized carbons (Fsp3) is 0.391. The molecule has 0 radical (unpaired) electrons. The number of carbonyl (C=O) groups is 2. The van der Waals surface area contributed by atoms with E-state index in [2.05, 4.69) is 22.0 Å². The number of pyridine rings is 1. The van der Waals surface area contributed by atoms with Gasteiger partial charge in [0.05, 0.1) is 17.7 Å². The zero-order valence-corrected chi connectivity index (χ0v) is 18.0. The van der Waals surface area contributed by atoms with Gasteiger partial charge in [0.25, 0.3) is 5.91 Å². The van der Waals surface area contributed by atoms with E-state index in [9.17, 15) is 14.9 Å². The smallest absolute Gasteiger partial charge is 0.414 e.